The number of aryl methyl sites for hydroxylation is 3. The smallest absolute Gasteiger partial charge is 0.251 e. The van der Waals surface area contributed by atoms with Crippen LogP contribution >= 0.6 is 0 Å². The number of nitrogens with one attached hydrogen (secondary N) is 1. The summed E-state index contributed by atoms with van der Waals surface area (Å²) in [6, 6.07) is 12.0. The van der Waals surface area contributed by atoms with Crippen LogP contribution in [0.4, 0.5) is 0 Å². The number of carbonyl (C=O) groups is 1. The molecule has 1 aromatic heterocycles. The van der Waals surface area contributed by atoms with Gasteiger partial charge in [0.2, 0.25) is 0 Å². The molecule has 134 valence electrons. The molecule has 4 nitrogen and oxygen atoms in total. The Kier molecular flexibility index (Phi) is 5.21. The monoisotopic (exact) mass is 347 g/mol. The highest BCUT2D eigenvalue weighted by molar-refractivity contribution is 5.94. The molecular formula is C22H25N3O. The van der Waals surface area contributed by atoms with E-state index in [2.05, 4.69) is 43.2 Å². The lowest BCUT2D eigenvalue weighted by atomic mass is 9.96. The minimum Gasteiger partial charge on any atom is -0.346 e. The van der Waals surface area contributed by atoms with E-state index in [0.717, 1.165) is 17.7 Å². The summed E-state index contributed by atoms with van der Waals surface area (Å²) >= 11 is 0. The Morgan fingerprint density at radius 3 is 2.42 bits per heavy atom. The van der Waals surface area contributed by atoms with Gasteiger partial charge in [-0.05, 0) is 67.6 Å². The van der Waals surface area contributed by atoms with Crippen molar-refractivity contribution < 1.29 is 4.79 Å². The molecule has 0 spiro atoms. The lowest BCUT2D eigenvalue weighted by molar-refractivity contribution is 0.0940. The summed E-state index contributed by atoms with van der Waals surface area (Å²) < 4.78 is 2.00. The molecule has 1 atom stereocenters. The lowest BCUT2D eigenvalue weighted by Gasteiger charge is -2.18. The van der Waals surface area contributed by atoms with Crippen LogP contribution in [-0.4, -0.2) is 15.5 Å². The molecule has 0 radical (unpaired) electrons. The molecule has 2 aromatic carbocycles. The van der Waals surface area contributed by atoms with Gasteiger partial charge in [0.15, 0.2) is 0 Å². The van der Waals surface area contributed by atoms with E-state index >= 15 is 0 Å². The molecule has 1 amide bonds. The van der Waals surface area contributed by atoms with E-state index < -0.39 is 0 Å². The lowest BCUT2D eigenvalue weighted by Crippen LogP contribution is -2.27. The van der Waals surface area contributed by atoms with Gasteiger partial charge in [0.05, 0.1) is 12.4 Å². The van der Waals surface area contributed by atoms with Crippen molar-refractivity contribution >= 4 is 5.91 Å². The largest absolute Gasteiger partial charge is 0.346 e. The number of rotatable bonds is 5. The third-order valence-corrected chi connectivity index (χ3v) is 4.84. The first-order valence-corrected chi connectivity index (χ1v) is 8.87. The van der Waals surface area contributed by atoms with Gasteiger partial charge in [-0.25, -0.2) is 4.98 Å². The van der Waals surface area contributed by atoms with Crippen molar-refractivity contribution in [2.75, 3.05) is 0 Å². The average Bonchev–Trinajstić information content (AvgIpc) is 3.11. The van der Waals surface area contributed by atoms with E-state index in [9.17, 15) is 4.79 Å². The zero-order valence-electron chi connectivity index (χ0n) is 15.8. The van der Waals surface area contributed by atoms with Gasteiger partial charge in [0, 0.05) is 24.5 Å². The first kappa shape index (κ1) is 17.9. The van der Waals surface area contributed by atoms with E-state index in [4.69, 9.17) is 0 Å². The molecule has 3 rings (SSSR count). The maximum atomic E-state index is 12.6. The molecule has 0 bridgehead atoms. The van der Waals surface area contributed by atoms with Crippen LogP contribution in [0, 0.1) is 20.8 Å². The highest BCUT2D eigenvalue weighted by Gasteiger charge is 2.14. The van der Waals surface area contributed by atoms with Gasteiger partial charge in [-0.2, -0.15) is 0 Å². The van der Waals surface area contributed by atoms with Crippen LogP contribution in [0.15, 0.2) is 55.1 Å². The Balaban J connectivity index is 1.68. The van der Waals surface area contributed by atoms with E-state index in [-0.39, 0.29) is 11.9 Å². The molecule has 0 saturated carbocycles. The fraction of sp³-hybridized carbons (Fsp3) is 0.273. The van der Waals surface area contributed by atoms with Crippen molar-refractivity contribution in [1.82, 2.24) is 14.9 Å². The topological polar surface area (TPSA) is 46.9 Å². The van der Waals surface area contributed by atoms with E-state index in [1.807, 2.05) is 42.0 Å². The molecular weight excluding hydrogens is 322 g/mol. The minimum absolute atomic E-state index is 0.0348. The molecule has 0 fully saturated rings. The van der Waals surface area contributed by atoms with Gasteiger partial charge < -0.3 is 9.88 Å². The maximum Gasteiger partial charge on any atom is 0.251 e. The summed E-state index contributed by atoms with van der Waals surface area (Å²) in [7, 11) is 0. The number of hydrogen-bond donors (Lipinski definition) is 1. The van der Waals surface area contributed by atoms with E-state index in [1.54, 1.807) is 12.5 Å². The summed E-state index contributed by atoms with van der Waals surface area (Å²) in [5.41, 5.74) is 6.70. The fourth-order valence-corrected chi connectivity index (χ4v) is 3.16. The summed E-state index contributed by atoms with van der Waals surface area (Å²) in [6.45, 7) is 9.09. The van der Waals surface area contributed by atoms with E-state index in [1.165, 1.54) is 16.7 Å². The Morgan fingerprint density at radius 1 is 1.08 bits per heavy atom. The first-order valence-electron chi connectivity index (χ1n) is 8.87. The number of hydrogen-bond acceptors (Lipinski definition) is 2. The summed E-state index contributed by atoms with van der Waals surface area (Å²) in [5.74, 6) is -0.0516. The number of benzene rings is 2. The van der Waals surface area contributed by atoms with Gasteiger partial charge in [0.1, 0.15) is 0 Å². The quantitative estimate of drug-likeness (QED) is 0.746. The molecule has 1 heterocycles. The third-order valence-electron chi connectivity index (χ3n) is 4.84. The van der Waals surface area contributed by atoms with Crippen LogP contribution in [-0.2, 0) is 6.54 Å². The molecule has 4 heteroatoms. The number of imidazole rings is 1. The molecule has 0 aliphatic rings. The standard InChI is InChI=1S/C22H25N3O/c1-15-11-17(3)21(12-16(15)2)18(4)24-22(26)20-7-5-19(6-8-20)13-25-10-9-23-14-25/h5-12,14,18H,13H2,1-4H3,(H,24,26). The van der Waals surface area contributed by atoms with Crippen LogP contribution in [0.1, 0.15) is 51.1 Å². The molecule has 1 unspecified atom stereocenters. The highest BCUT2D eigenvalue weighted by atomic mass is 16.1. The Bertz CT molecular complexity index is 896. The minimum atomic E-state index is -0.0516. The average molecular weight is 347 g/mol. The van der Waals surface area contributed by atoms with Crippen molar-refractivity contribution in [2.24, 2.45) is 0 Å². The Morgan fingerprint density at radius 2 is 1.77 bits per heavy atom. The number of aromatic nitrogens is 2. The van der Waals surface area contributed by atoms with Gasteiger partial charge in [0.25, 0.3) is 5.91 Å². The van der Waals surface area contributed by atoms with Crippen molar-refractivity contribution in [3.8, 4) is 0 Å². The predicted molar refractivity (Wildman–Crippen MR) is 104 cm³/mol. The Hall–Kier alpha value is -2.88. The molecule has 26 heavy (non-hydrogen) atoms. The second-order valence-corrected chi connectivity index (χ2v) is 6.92. The van der Waals surface area contributed by atoms with Crippen molar-refractivity contribution in [2.45, 2.75) is 40.3 Å². The molecule has 0 aliphatic heterocycles. The Labute approximate surface area is 154 Å². The van der Waals surface area contributed by atoms with Crippen molar-refractivity contribution in [3.05, 3.63) is 88.5 Å². The SMILES string of the molecule is Cc1cc(C)c(C(C)NC(=O)c2ccc(Cn3ccnc3)cc2)cc1C. The molecule has 1 N–H and O–H groups in total. The van der Waals surface area contributed by atoms with Gasteiger partial charge in [-0.1, -0.05) is 24.3 Å². The van der Waals surface area contributed by atoms with Gasteiger partial charge in [-0.3, -0.25) is 4.79 Å². The van der Waals surface area contributed by atoms with Crippen LogP contribution in [0.2, 0.25) is 0 Å². The molecule has 0 aliphatic carbocycles. The third kappa shape index (κ3) is 4.02. The molecule has 3 aromatic rings. The highest BCUT2D eigenvalue weighted by Crippen LogP contribution is 2.22. The second-order valence-electron chi connectivity index (χ2n) is 6.92. The zero-order valence-corrected chi connectivity index (χ0v) is 15.8. The summed E-state index contributed by atoms with van der Waals surface area (Å²) in [6.07, 6.45) is 5.47. The van der Waals surface area contributed by atoms with Crippen molar-refractivity contribution in [3.63, 3.8) is 0 Å². The number of carbonyl (C=O) groups excluding carboxylic acids is 1. The normalized spacial score (nSPS) is 12.0. The van der Waals surface area contributed by atoms with Gasteiger partial charge in [-0.15, -0.1) is 0 Å². The van der Waals surface area contributed by atoms with Gasteiger partial charge >= 0.3 is 0 Å². The van der Waals surface area contributed by atoms with Crippen molar-refractivity contribution in [1.29, 1.82) is 0 Å². The van der Waals surface area contributed by atoms with E-state index in [0.29, 0.717) is 5.56 Å². The number of nitrogens with zero attached hydrogens (tertiary/aromatic N) is 2. The zero-order chi connectivity index (χ0) is 18.7. The second kappa shape index (κ2) is 7.56. The predicted octanol–water partition coefficient (Wildman–Crippen LogP) is 4.35. The first-order chi connectivity index (χ1) is 12.4. The maximum absolute atomic E-state index is 12.6. The van der Waals surface area contributed by atoms with Crippen LogP contribution in [0.25, 0.3) is 0 Å². The number of amides is 1. The van der Waals surface area contributed by atoms with Crippen LogP contribution < -0.4 is 5.32 Å². The summed E-state index contributed by atoms with van der Waals surface area (Å²) in [4.78, 5) is 16.6. The molecule has 0 saturated heterocycles. The van der Waals surface area contributed by atoms with Crippen LogP contribution in [0.5, 0.6) is 0 Å². The fourth-order valence-electron chi connectivity index (χ4n) is 3.16. The van der Waals surface area contributed by atoms with Crippen LogP contribution in [0.3, 0.4) is 0 Å². The summed E-state index contributed by atoms with van der Waals surface area (Å²) in [5, 5.41) is 3.11.